The second-order valence-corrected chi connectivity index (χ2v) is 5.94. The van der Waals surface area contributed by atoms with Crippen molar-refractivity contribution >= 4 is 11.8 Å². The van der Waals surface area contributed by atoms with Gasteiger partial charge in [-0.3, -0.25) is 9.59 Å². The molecule has 150 valence electrons. The summed E-state index contributed by atoms with van der Waals surface area (Å²) in [6.07, 6.45) is 0. The minimum absolute atomic E-state index is 0.202. The number of hydrogen-bond acceptors (Lipinski definition) is 6. The summed E-state index contributed by atoms with van der Waals surface area (Å²) >= 11 is 0. The van der Waals surface area contributed by atoms with E-state index in [0.29, 0.717) is 17.9 Å². The lowest BCUT2D eigenvalue weighted by Crippen LogP contribution is -2.26. The van der Waals surface area contributed by atoms with E-state index in [9.17, 15) is 9.59 Å². The van der Waals surface area contributed by atoms with Crippen molar-refractivity contribution in [2.24, 2.45) is 5.73 Å². The van der Waals surface area contributed by atoms with Gasteiger partial charge in [-0.1, -0.05) is 18.2 Å². The van der Waals surface area contributed by atoms with Crippen LogP contribution in [0.3, 0.4) is 0 Å². The number of carbonyl (C=O) groups excluding carboxylic acids is 2. The first-order chi connectivity index (χ1) is 13.4. The Balaban J connectivity index is 2.30. The molecule has 0 aromatic heterocycles. The van der Waals surface area contributed by atoms with E-state index in [2.05, 4.69) is 0 Å². The van der Waals surface area contributed by atoms with E-state index in [-0.39, 0.29) is 29.8 Å². The Bertz CT molecular complexity index is 827. The number of benzene rings is 2. The Morgan fingerprint density at radius 2 is 1.54 bits per heavy atom. The standard InChI is InChI=1S/C20H24N2O6/c1-22(11-13-7-5-6-8-15(13)25-2)20(24)14-9-16(26-3)19(17(10-14)27-4)28-12-18(21)23/h5-10H,11-12H2,1-4H3,(H2,21,23). The zero-order chi connectivity index (χ0) is 20.7. The number of hydrogen-bond donors (Lipinski definition) is 1. The van der Waals surface area contributed by atoms with Gasteiger partial charge in [-0.05, 0) is 18.2 Å². The van der Waals surface area contributed by atoms with Crippen LogP contribution in [0.25, 0.3) is 0 Å². The highest BCUT2D eigenvalue weighted by Crippen LogP contribution is 2.39. The van der Waals surface area contributed by atoms with Crippen molar-refractivity contribution in [2.45, 2.75) is 6.54 Å². The third-order valence-electron chi connectivity index (χ3n) is 4.01. The van der Waals surface area contributed by atoms with Crippen LogP contribution >= 0.6 is 0 Å². The van der Waals surface area contributed by atoms with Crippen LogP contribution in [0.2, 0.25) is 0 Å². The summed E-state index contributed by atoms with van der Waals surface area (Å²) in [7, 11) is 6.13. The summed E-state index contributed by atoms with van der Waals surface area (Å²) in [4.78, 5) is 25.5. The van der Waals surface area contributed by atoms with Crippen LogP contribution in [0.1, 0.15) is 15.9 Å². The van der Waals surface area contributed by atoms with Gasteiger partial charge in [0.15, 0.2) is 18.1 Å². The maximum Gasteiger partial charge on any atom is 0.255 e. The highest BCUT2D eigenvalue weighted by atomic mass is 16.5. The van der Waals surface area contributed by atoms with Gasteiger partial charge in [0.1, 0.15) is 5.75 Å². The van der Waals surface area contributed by atoms with Gasteiger partial charge in [0.05, 0.1) is 21.3 Å². The molecule has 0 fully saturated rings. The van der Waals surface area contributed by atoms with E-state index in [1.807, 2.05) is 24.3 Å². The molecule has 0 aliphatic heterocycles. The summed E-state index contributed by atoms with van der Waals surface area (Å²) in [6, 6.07) is 10.5. The molecule has 28 heavy (non-hydrogen) atoms. The molecule has 0 saturated heterocycles. The molecule has 2 N–H and O–H groups in total. The predicted octanol–water partition coefficient (Wildman–Crippen LogP) is 1.85. The van der Waals surface area contributed by atoms with Gasteiger partial charge >= 0.3 is 0 Å². The van der Waals surface area contributed by atoms with Gasteiger partial charge in [0, 0.05) is 24.7 Å². The predicted molar refractivity (Wildman–Crippen MR) is 103 cm³/mol. The monoisotopic (exact) mass is 388 g/mol. The van der Waals surface area contributed by atoms with Crippen molar-refractivity contribution in [3.8, 4) is 23.0 Å². The molecule has 0 saturated carbocycles. The fourth-order valence-corrected chi connectivity index (χ4v) is 2.67. The first-order valence-corrected chi connectivity index (χ1v) is 8.45. The van der Waals surface area contributed by atoms with Gasteiger partial charge in [0.25, 0.3) is 11.8 Å². The number of nitrogens with zero attached hydrogens (tertiary/aromatic N) is 1. The summed E-state index contributed by atoms with van der Waals surface area (Å²) < 4.78 is 21.3. The van der Waals surface area contributed by atoms with Crippen molar-refractivity contribution in [3.63, 3.8) is 0 Å². The lowest BCUT2D eigenvalue weighted by atomic mass is 10.1. The third kappa shape index (κ3) is 4.85. The number of ether oxygens (including phenoxy) is 4. The average molecular weight is 388 g/mol. The Morgan fingerprint density at radius 3 is 2.07 bits per heavy atom. The number of methoxy groups -OCH3 is 3. The van der Waals surface area contributed by atoms with Crippen molar-refractivity contribution < 1.29 is 28.5 Å². The quantitative estimate of drug-likeness (QED) is 0.704. The molecule has 2 amide bonds. The van der Waals surface area contributed by atoms with Gasteiger partial charge < -0.3 is 29.6 Å². The second-order valence-electron chi connectivity index (χ2n) is 5.94. The van der Waals surface area contributed by atoms with E-state index in [0.717, 1.165) is 5.56 Å². The van der Waals surface area contributed by atoms with Crippen LogP contribution in [-0.2, 0) is 11.3 Å². The molecule has 0 aliphatic rings. The van der Waals surface area contributed by atoms with Crippen LogP contribution < -0.4 is 24.7 Å². The fourth-order valence-electron chi connectivity index (χ4n) is 2.67. The van der Waals surface area contributed by atoms with Crippen LogP contribution in [0.4, 0.5) is 0 Å². The number of amides is 2. The third-order valence-corrected chi connectivity index (χ3v) is 4.01. The number of carbonyl (C=O) groups is 2. The van der Waals surface area contributed by atoms with Gasteiger partial charge in [-0.15, -0.1) is 0 Å². The van der Waals surface area contributed by atoms with E-state index < -0.39 is 5.91 Å². The molecule has 0 atom stereocenters. The molecule has 8 nitrogen and oxygen atoms in total. The zero-order valence-corrected chi connectivity index (χ0v) is 16.4. The van der Waals surface area contributed by atoms with E-state index >= 15 is 0 Å². The Morgan fingerprint density at radius 1 is 0.964 bits per heavy atom. The highest BCUT2D eigenvalue weighted by Gasteiger charge is 2.21. The van der Waals surface area contributed by atoms with Crippen molar-refractivity contribution in [2.75, 3.05) is 35.0 Å². The Hall–Kier alpha value is -3.42. The molecule has 2 aromatic carbocycles. The largest absolute Gasteiger partial charge is 0.496 e. The van der Waals surface area contributed by atoms with E-state index in [1.54, 1.807) is 19.1 Å². The van der Waals surface area contributed by atoms with Crippen LogP contribution in [-0.4, -0.2) is 51.7 Å². The topological polar surface area (TPSA) is 100 Å². The number of primary amides is 1. The zero-order valence-electron chi connectivity index (χ0n) is 16.4. The summed E-state index contributed by atoms with van der Waals surface area (Å²) in [5.41, 5.74) is 6.34. The molecular formula is C20H24N2O6. The van der Waals surface area contributed by atoms with Gasteiger partial charge in [0.2, 0.25) is 5.75 Å². The molecular weight excluding hydrogens is 364 g/mol. The normalized spacial score (nSPS) is 10.1. The first-order valence-electron chi connectivity index (χ1n) is 8.45. The Kier molecular flexibility index (Phi) is 7.08. The molecule has 0 unspecified atom stereocenters. The van der Waals surface area contributed by atoms with Gasteiger partial charge in [-0.25, -0.2) is 0 Å². The van der Waals surface area contributed by atoms with Crippen LogP contribution in [0, 0.1) is 0 Å². The number of rotatable bonds is 9. The van der Waals surface area contributed by atoms with Crippen LogP contribution in [0.15, 0.2) is 36.4 Å². The van der Waals surface area contributed by atoms with E-state index in [4.69, 9.17) is 24.7 Å². The van der Waals surface area contributed by atoms with E-state index in [1.165, 1.54) is 26.4 Å². The number of nitrogens with two attached hydrogens (primary N) is 1. The summed E-state index contributed by atoms with van der Waals surface area (Å²) in [5.74, 6) is 0.536. The molecule has 0 bridgehead atoms. The number of para-hydroxylation sites is 1. The maximum absolute atomic E-state index is 12.9. The smallest absolute Gasteiger partial charge is 0.255 e. The molecule has 8 heteroatoms. The summed E-state index contributed by atoms with van der Waals surface area (Å²) in [5, 5.41) is 0. The molecule has 2 aromatic rings. The lowest BCUT2D eigenvalue weighted by Gasteiger charge is -2.20. The highest BCUT2D eigenvalue weighted by molar-refractivity contribution is 5.95. The van der Waals surface area contributed by atoms with Crippen molar-refractivity contribution in [1.29, 1.82) is 0 Å². The summed E-state index contributed by atoms with van der Waals surface area (Å²) in [6.45, 7) is 0.0150. The molecule has 0 spiro atoms. The van der Waals surface area contributed by atoms with Crippen LogP contribution in [0.5, 0.6) is 23.0 Å². The van der Waals surface area contributed by atoms with Gasteiger partial charge in [-0.2, -0.15) is 0 Å². The minimum atomic E-state index is -0.638. The SMILES string of the molecule is COc1ccccc1CN(C)C(=O)c1cc(OC)c(OCC(N)=O)c(OC)c1. The maximum atomic E-state index is 12.9. The second kappa shape index (κ2) is 9.50. The average Bonchev–Trinajstić information content (AvgIpc) is 2.71. The Labute approximate surface area is 163 Å². The fraction of sp³-hybridized carbons (Fsp3) is 0.300. The molecule has 0 radical (unpaired) electrons. The molecule has 0 heterocycles. The lowest BCUT2D eigenvalue weighted by molar-refractivity contribution is -0.120. The van der Waals surface area contributed by atoms with Crippen molar-refractivity contribution in [3.05, 3.63) is 47.5 Å². The van der Waals surface area contributed by atoms with Crippen molar-refractivity contribution in [1.82, 2.24) is 4.90 Å². The first kappa shape index (κ1) is 20.9. The molecule has 0 aliphatic carbocycles. The minimum Gasteiger partial charge on any atom is -0.496 e. The molecule has 2 rings (SSSR count).